The summed E-state index contributed by atoms with van der Waals surface area (Å²) >= 11 is 1.95. The van der Waals surface area contributed by atoms with E-state index in [4.69, 9.17) is 5.73 Å². The van der Waals surface area contributed by atoms with Crippen molar-refractivity contribution < 1.29 is 0 Å². The van der Waals surface area contributed by atoms with Crippen molar-refractivity contribution in [2.24, 2.45) is 5.73 Å². The summed E-state index contributed by atoms with van der Waals surface area (Å²) in [7, 11) is 0. The highest BCUT2D eigenvalue weighted by atomic mass is 32.2. The Hall–Kier alpha value is -1.25. The predicted molar refractivity (Wildman–Crippen MR) is 94.9 cm³/mol. The Balaban J connectivity index is 2.43. The van der Waals surface area contributed by atoms with Gasteiger partial charge in [-0.15, -0.1) is 11.8 Å². The molecule has 2 N–H and O–H groups in total. The highest BCUT2D eigenvalue weighted by Crippen LogP contribution is 2.39. The fraction of sp³-hybridized carbons (Fsp3) is 0.368. The number of thioether (sulfide) groups is 1. The van der Waals surface area contributed by atoms with Crippen LogP contribution < -0.4 is 5.73 Å². The molecular weight excluding hydrogens is 274 g/mol. The quantitative estimate of drug-likeness (QED) is 0.834. The van der Waals surface area contributed by atoms with Crippen molar-refractivity contribution in [1.82, 2.24) is 0 Å². The Morgan fingerprint density at radius 2 is 1.62 bits per heavy atom. The predicted octanol–water partition coefficient (Wildman–Crippen LogP) is 4.73. The van der Waals surface area contributed by atoms with Gasteiger partial charge in [0.05, 0.1) is 5.25 Å². The molecule has 0 bridgehead atoms. The molecule has 0 saturated heterocycles. The molecule has 2 heteroatoms. The molecular formula is C19H25NS. The van der Waals surface area contributed by atoms with Crippen molar-refractivity contribution in [1.29, 1.82) is 0 Å². The minimum Gasteiger partial charge on any atom is -0.327 e. The number of aryl methyl sites for hydroxylation is 2. The molecule has 0 saturated carbocycles. The van der Waals surface area contributed by atoms with E-state index in [1.54, 1.807) is 0 Å². The van der Waals surface area contributed by atoms with Crippen LogP contribution in [0.25, 0.3) is 0 Å². The van der Waals surface area contributed by atoms with Gasteiger partial charge < -0.3 is 5.73 Å². The molecule has 1 nitrogen and oxygen atoms in total. The van der Waals surface area contributed by atoms with Crippen LogP contribution in [-0.2, 0) is 6.42 Å². The Labute approximate surface area is 133 Å². The zero-order valence-electron chi connectivity index (χ0n) is 13.2. The van der Waals surface area contributed by atoms with Crippen molar-refractivity contribution >= 4 is 11.8 Å². The normalized spacial score (nSPS) is 13.9. The first-order chi connectivity index (χ1) is 10.1. The molecule has 2 atom stereocenters. The van der Waals surface area contributed by atoms with Crippen LogP contribution in [0.15, 0.2) is 48.5 Å². The number of nitrogens with two attached hydrogens (primary N) is 1. The molecule has 0 spiro atoms. The molecule has 2 unspecified atom stereocenters. The maximum absolute atomic E-state index is 5.98. The lowest BCUT2D eigenvalue weighted by atomic mass is 9.95. The fourth-order valence-electron chi connectivity index (χ4n) is 2.59. The van der Waals surface area contributed by atoms with Crippen LogP contribution in [0.1, 0.15) is 41.4 Å². The van der Waals surface area contributed by atoms with E-state index < -0.39 is 0 Å². The van der Waals surface area contributed by atoms with E-state index in [1.165, 1.54) is 22.3 Å². The van der Waals surface area contributed by atoms with Gasteiger partial charge in [0.1, 0.15) is 0 Å². The molecule has 0 aromatic heterocycles. The van der Waals surface area contributed by atoms with Gasteiger partial charge in [-0.05, 0) is 42.5 Å². The second kappa shape index (κ2) is 7.67. The van der Waals surface area contributed by atoms with Crippen LogP contribution in [-0.4, -0.2) is 11.8 Å². The number of benzene rings is 2. The Kier molecular flexibility index (Phi) is 5.89. The molecule has 0 amide bonds. The average Bonchev–Trinajstić information content (AvgIpc) is 2.49. The fourth-order valence-corrected chi connectivity index (χ4v) is 3.94. The second-order valence-corrected chi connectivity index (χ2v) is 6.74. The summed E-state index contributed by atoms with van der Waals surface area (Å²) in [6, 6.07) is 17.7. The molecule has 0 aliphatic rings. The van der Waals surface area contributed by atoms with Gasteiger partial charge in [0.15, 0.2) is 0 Å². The Bertz CT molecular complexity index is 577. The minimum atomic E-state index is 0.218. The first-order valence-corrected chi connectivity index (χ1v) is 8.68. The lowest BCUT2D eigenvalue weighted by Gasteiger charge is -2.23. The molecule has 2 rings (SSSR count). The monoisotopic (exact) mass is 299 g/mol. The van der Waals surface area contributed by atoms with E-state index in [0.717, 1.165) is 12.2 Å². The van der Waals surface area contributed by atoms with Crippen LogP contribution in [0.5, 0.6) is 0 Å². The number of hydrogen-bond acceptors (Lipinski definition) is 2. The second-order valence-electron chi connectivity index (χ2n) is 5.60. The van der Waals surface area contributed by atoms with Gasteiger partial charge in [-0.25, -0.2) is 0 Å². The van der Waals surface area contributed by atoms with E-state index in [2.05, 4.69) is 69.3 Å². The van der Waals surface area contributed by atoms with Gasteiger partial charge in [-0.3, -0.25) is 0 Å². The molecule has 112 valence electrons. The molecule has 0 heterocycles. The van der Waals surface area contributed by atoms with Crippen molar-refractivity contribution in [2.45, 2.75) is 38.5 Å². The van der Waals surface area contributed by atoms with Gasteiger partial charge in [-0.1, -0.05) is 55.5 Å². The molecule has 2 aromatic carbocycles. The first-order valence-electron chi connectivity index (χ1n) is 7.64. The highest BCUT2D eigenvalue weighted by Gasteiger charge is 2.19. The molecule has 21 heavy (non-hydrogen) atoms. The topological polar surface area (TPSA) is 26.0 Å². The molecule has 0 fully saturated rings. The van der Waals surface area contributed by atoms with Gasteiger partial charge in [-0.2, -0.15) is 0 Å². The van der Waals surface area contributed by atoms with E-state index in [9.17, 15) is 0 Å². The summed E-state index contributed by atoms with van der Waals surface area (Å²) < 4.78 is 0. The third-order valence-electron chi connectivity index (χ3n) is 3.72. The van der Waals surface area contributed by atoms with Gasteiger partial charge in [0.25, 0.3) is 0 Å². The first kappa shape index (κ1) is 16.1. The maximum atomic E-state index is 5.98. The van der Waals surface area contributed by atoms with Crippen LogP contribution in [0.3, 0.4) is 0 Å². The SMILES string of the molecule is CCc1ccccc1C(SCC(C)N)c1ccccc1C. The van der Waals surface area contributed by atoms with Gasteiger partial charge in [0, 0.05) is 11.8 Å². The molecule has 0 radical (unpaired) electrons. The van der Waals surface area contributed by atoms with Crippen LogP contribution >= 0.6 is 11.8 Å². The summed E-state index contributed by atoms with van der Waals surface area (Å²) in [6.07, 6.45) is 1.07. The van der Waals surface area contributed by atoms with Gasteiger partial charge >= 0.3 is 0 Å². The van der Waals surface area contributed by atoms with Gasteiger partial charge in [0.2, 0.25) is 0 Å². The summed E-state index contributed by atoms with van der Waals surface area (Å²) in [5, 5.41) is 0.369. The zero-order chi connectivity index (χ0) is 15.2. The van der Waals surface area contributed by atoms with Crippen LogP contribution in [0.4, 0.5) is 0 Å². The van der Waals surface area contributed by atoms with Crippen molar-refractivity contribution in [3.05, 3.63) is 70.8 Å². The van der Waals surface area contributed by atoms with Crippen LogP contribution in [0.2, 0.25) is 0 Å². The van der Waals surface area contributed by atoms with Crippen molar-refractivity contribution in [2.75, 3.05) is 5.75 Å². The summed E-state index contributed by atoms with van der Waals surface area (Å²) in [4.78, 5) is 0. The lowest BCUT2D eigenvalue weighted by molar-refractivity contribution is 0.844. The molecule has 2 aromatic rings. The summed E-state index contributed by atoms with van der Waals surface area (Å²) in [6.45, 7) is 6.50. The summed E-state index contributed by atoms with van der Waals surface area (Å²) in [5.74, 6) is 0.969. The van der Waals surface area contributed by atoms with E-state index in [1.807, 2.05) is 11.8 Å². The standard InChI is InChI=1S/C19H25NS/c1-4-16-10-6-8-12-18(16)19(21-13-15(3)20)17-11-7-5-9-14(17)2/h5-12,15,19H,4,13,20H2,1-3H3. The number of hydrogen-bond donors (Lipinski definition) is 1. The third-order valence-corrected chi connectivity index (χ3v) is 5.27. The highest BCUT2D eigenvalue weighted by molar-refractivity contribution is 7.99. The minimum absolute atomic E-state index is 0.218. The average molecular weight is 299 g/mol. The van der Waals surface area contributed by atoms with Crippen molar-refractivity contribution in [3.8, 4) is 0 Å². The van der Waals surface area contributed by atoms with Crippen LogP contribution in [0, 0.1) is 6.92 Å². The number of rotatable bonds is 6. The Morgan fingerprint density at radius 3 is 2.24 bits per heavy atom. The van der Waals surface area contributed by atoms with E-state index in [0.29, 0.717) is 5.25 Å². The maximum Gasteiger partial charge on any atom is 0.0552 e. The smallest absolute Gasteiger partial charge is 0.0552 e. The third kappa shape index (κ3) is 4.12. The van der Waals surface area contributed by atoms with Crippen molar-refractivity contribution in [3.63, 3.8) is 0 Å². The van der Waals surface area contributed by atoms with E-state index >= 15 is 0 Å². The van der Waals surface area contributed by atoms with E-state index in [-0.39, 0.29) is 6.04 Å². The largest absolute Gasteiger partial charge is 0.327 e. The zero-order valence-corrected chi connectivity index (χ0v) is 14.0. The lowest BCUT2D eigenvalue weighted by Crippen LogP contribution is -2.19. The summed E-state index contributed by atoms with van der Waals surface area (Å²) in [5.41, 5.74) is 11.6. The molecule has 0 aliphatic carbocycles. The Morgan fingerprint density at radius 1 is 1.00 bits per heavy atom. The molecule has 0 aliphatic heterocycles.